The fraction of sp³-hybridized carbons (Fsp3) is 0.381. The first-order valence-electron chi connectivity index (χ1n) is 10.0. The van der Waals surface area contributed by atoms with Crippen molar-refractivity contribution < 1.29 is 31.1 Å². The van der Waals surface area contributed by atoms with Crippen molar-refractivity contribution in [1.82, 2.24) is 20.2 Å². The summed E-state index contributed by atoms with van der Waals surface area (Å²) in [5.41, 5.74) is 0.155. The van der Waals surface area contributed by atoms with Gasteiger partial charge in [-0.05, 0) is 18.2 Å². The molecule has 1 atom stereocenters. The van der Waals surface area contributed by atoms with E-state index in [-0.39, 0.29) is 43.7 Å². The summed E-state index contributed by atoms with van der Waals surface area (Å²) in [5.74, 6) is -3.11. The van der Waals surface area contributed by atoms with Crippen LogP contribution in [0.25, 0.3) is 5.52 Å². The second kappa shape index (κ2) is 8.45. The van der Waals surface area contributed by atoms with E-state index in [0.717, 1.165) is 6.20 Å². The summed E-state index contributed by atoms with van der Waals surface area (Å²) in [7, 11) is 0. The largest absolute Gasteiger partial charge is 0.412 e. The minimum absolute atomic E-state index is 0.0407. The van der Waals surface area contributed by atoms with Crippen LogP contribution in [0.15, 0.2) is 48.9 Å². The van der Waals surface area contributed by atoms with Crippen LogP contribution in [0.3, 0.4) is 0 Å². The Balaban J connectivity index is 1.61. The molecule has 0 radical (unpaired) electrons. The summed E-state index contributed by atoms with van der Waals surface area (Å²) in [6.45, 7) is 0.610. The van der Waals surface area contributed by atoms with Crippen molar-refractivity contribution in [2.75, 3.05) is 13.1 Å². The second-order valence-corrected chi connectivity index (χ2v) is 7.77. The SMILES string of the molecule is O=C(NC(c1cccnc1)C(F)(F)F)c1[nH]c(CN2CCC(F)(F)CC2)[n+]2ccccc12. The number of aromatic nitrogens is 3. The van der Waals surface area contributed by atoms with Crippen LogP contribution in [0.5, 0.6) is 0 Å². The number of H-pyrrole nitrogens is 1. The van der Waals surface area contributed by atoms with Gasteiger partial charge in [0, 0.05) is 43.9 Å². The Morgan fingerprint density at radius 3 is 2.62 bits per heavy atom. The van der Waals surface area contributed by atoms with Crippen molar-refractivity contribution in [1.29, 1.82) is 0 Å². The number of hydrogen-bond donors (Lipinski definition) is 2. The standard InChI is InChI=1S/C21H20F5N5O/c22-20(23)6-10-30(11-7-20)13-16-28-17(15-5-1-2-9-31(15)16)19(32)29-18(21(24,25)26)14-4-3-8-27-12-14/h1-5,8-9,12,18H,6-7,10-11,13H2,(H,29,32)/p+1. The molecule has 6 nitrogen and oxygen atoms in total. The minimum Gasteiger partial charge on any atom is -0.333 e. The van der Waals surface area contributed by atoms with Crippen LogP contribution in [-0.4, -0.2) is 46.0 Å². The Bertz CT molecular complexity index is 1090. The van der Waals surface area contributed by atoms with Gasteiger partial charge in [-0.15, -0.1) is 0 Å². The number of fused-ring (bicyclic) bond motifs is 1. The first kappa shape index (κ1) is 22.1. The highest BCUT2D eigenvalue weighted by molar-refractivity contribution is 5.98. The van der Waals surface area contributed by atoms with Crippen molar-refractivity contribution in [2.24, 2.45) is 0 Å². The number of nitrogens with zero attached hydrogens (tertiary/aromatic N) is 3. The second-order valence-electron chi connectivity index (χ2n) is 7.77. The van der Waals surface area contributed by atoms with Crippen LogP contribution < -0.4 is 9.72 Å². The third-order valence-electron chi connectivity index (χ3n) is 5.48. The average Bonchev–Trinajstić information content (AvgIpc) is 3.12. The van der Waals surface area contributed by atoms with E-state index in [1.54, 1.807) is 28.8 Å². The number of piperidine rings is 1. The molecule has 3 aromatic rings. The molecule has 1 fully saturated rings. The summed E-state index contributed by atoms with van der Waals surface area (Å²) in [4.78, 5) is 21.3. The monoisotopic (exact) mass is 454 g/mol. The summed E-state index contributed by atoms with van der Waals surface area (Å²) in [6.07, 6.45) is -1.19. The van der Waals surface area contributed by atoms with Gasteiger partial charge >= 0.3 is 6.18 Å². The highest BCUT2D eigenvalue weighted by atomic mass is 19.4. The zero-order valence-electron chi connectivity index (χ0n) is 16.9. The number of carbonyl (C=O) groups is 1. The molecule has 1 unspecified atom stereocenters. The topological polar surface area (TPSA) is 65.1 Å². The minimum atomic E-state index is -4.73. The predicted molar refractivity (Wildman–Crippen MR) is 104 cm³/mol. The Labute approximate surface area is 180 Å². The molecule has 11 heteroatoms. The number of hydrogen-bond acceptors (Lipinski definition) is 3. The van der Waals surface area contributed by atoms with Gasteiger partial charge in [0.2, 0.25) is 5.69 Å². The first-order valence-corrected chi connectivity index (χ1v) is 10.0. The fourth-order valence-electron chi connectivity index (χ4n) is 3.79. The van der Waals surface area contributed by atoms with Crippen molar-refractivity contribution >= 4 is 11.4 Å². The summed E-state index contributed by atoms with van der Waals surface area (Å²) >= 11 is 0. The number of likely N-dealkylation sites (tertiary alicyclic amines) is 1. The molecule has 0 bridgehead atoms. The number of pyridine rings is 2. The predicted octanol–water partition coefficient (Wildman–Crippen LogP) is 3.41. The maximum Gasteiger partial charge on any atom is 0.412 e. The van der Waals surface area contributed by atoms with E-state index >= 15 is 0 Å². The van der Waals surface area contributed by atoms with Gasteiger partial charge in [-0.1, -0.05) is 12.1 Å². The normalized spacial score (nSPS) is 17.9. The van der Waals surface area contributed by atoms with Gasteiger partial charge in [0.15, 0.2) is 11.6 Å². The van der Waals surface area contributed by atoms with Crippen LogP contribution in [0.2, 0.25) is 0 Å². The smallest absolute Gasteiger partial charge is 0.333 e. The van der Waals surface area contributed by atoms with E-state index in [0.29, 0.717) is 11.3 Å². The van der Waals surface area contributed by atoms with Crippen LogP contribution >= 0.6 is 0 Å². The molecule has 170 valence electrons. The molecule has 4 rings (SSSR count). The zero-order chi connectivity index (χ0) is 22.9. The van der Waals surface area contributed by atoms with Crippen molar-refractivity contribution in [3.05, 3.63) is 66.0 Å². The number of imidazole rings is 1. The Hall–Kier alpha value is -3.08. The number of carbonyl (C=O) groups excluding carboxylic acids is 1. The lowest BCUT2D eigenvalue weighted by atomic mass is 10.1. The van der Waals surface area contributed by atoms with Gasteiger partial charge in [-0.2, -0.15) is 17.6 Å². The molecule has 0 aromatic carbocycles. The van der Waals surface area contributed by atoms with Crippen molar-refractivity contribution in [2.45, 2.75) is 37.5 Å². The van der Waals surface area contributed by atoms with Crippen LogP contribution in [-0.2, 0) is 6.54 Å². The van der Waals surface area contributed by atoms with Gasteiger partial charge in [-0.25, -0.2) is 13.8 Å². The number of rotatable bonds is 5. The Morgan fingerprint density at radius 1 is 1.22 bits per heavy atom. The number of nitrogens with one attached hydrogen (secondary N) is 2. The highest BCUT2D eigenvalue weighted by Gasteiger charge is 2.43. The average molecular weight is 454 g/mol. The van der Waals surface area contributed by atoms with E-state index in [4.69, 9.17) is 0 Å². The summed E-state index contributed by atoms with van der Waals surface area (Å²) < 4.78 is 69.5. The Morgan fingerprint density at radius 2 is 1.97 bits per heavy atom. The number of aromatic amines is 1. The lowest BCUT2D eigenvalue weighted by molar-refractivity contribution is -0.523. The van der Waals surface area contributed by atoms with Crippen molar-refractivity contribution in [3.8, 4) is 0 Å². The highest BCUT2D eigenvalue weighted by Crippen LogP contribution is 2.32. The van der Waals surface area contributed by atoms with E-state index in [2.05, 4.69) is 9.97 Å². The molecule has 4 heterocycles. The third-order valence-corrected chi connectivity index (χ3v) is 5.48. The molecule has 1 amide bonds. The molecule has 3 aromatic heterocycles. The molecule has 1 saturated heterocycles. The van der Waals surface area contributed by atoms with Crippen LogP contribution in [0.1, 0.15) is 40.8 Å². The molecular weight excluding hydrogens is 433 g/mol. The van der Waals surface area contributed by atoms with Crippen LogP contribution in [0, 0.1) is 0 Å². The van der Waals surface area contributed by atoms with E-state index in [9.17, 15) is 26.7 Å². The molecule has 0 aliphatic carbocycles. The fourth-order valence-corrected chi connectivity index (χ4v) is 3.79. The lowest BCUT2D eigenvalue weighted by Gasteiger charge is -2.30. The zero-order valence-corrected chi connectivity index (χ0v) is 16.9. The van der Waals surface area contributed by atoms with Gasteiger partial charge in [0.25, 0.3) is 17.7 Å². The molecule has 0 saturated carbocycles. The van der Waals surface area contributed by atoms with Gasteiger partial charge in [0.1, 0.15) is 6.54 Å². The van der Waals surface area contributed by atoms with Gasteiger partial charge < -0.3 is 5.32 Å². The molecule has 0 spiro atoms. The number of halogens is 5. The third kappa shape index (κ3) is 4.72. The summed E-state index contributed by atoms with van der Waals surface area (Å²) in [5, 5.41) is 2.05. The Kier molecular flexibility index (Phi) is 5.85. The van der Waals surface area contributed by atoms with E-state index < -0.39 is 24.0 Å². The first-order chi connectivity index (χ1) is 15.1. The lowest BCUT2D eigenvalue weighted by Crippen LogP contribution is -2.40. The number of alkyl halides is 5. The van der Waals surface area contributed by atoms with Gasteiger partial charge in [-0.3, -0.25) is 14.7 Å². The van der Waals surface area contributed by atoms with E-state index in [1.807, 2.05) is 10.2 Å². The van der Waals surface area contributed by atoms with Crippen molar-refractivity contribution in [3.63, 3.8) is 0 Å². The molecule has 1 aliphatic heterocycles. The number of amides is 1. The quantitative estimate of drug-likeness (QED) is 0.459. The molecule has 32 heavy (non-hydrogen) atoms. The molecular formula is C21H21F5N5O+. The van der Waals surface area contributed by atoms with Crippen LogP contribution in [0.4, 0.5) is 22.0 Å². The molecule has 1 aliphatic rings. The molecule has 2 N–H and O–H groups in total. The maximum atomic E-state index is 13.6. The van der Waals surface area contributed by atoms with E-state index in [1.165, 1.54) is 18.3 Å². The summed E-state index contributed by atoms with van der Waals surface area (Å²) in [6, 6.07) is 5.35. The van der Waals surface area contributed by atoms with Gasteiger partial charge in [0.05, 0.1) is 6.20 Å². The maximum absolute atomic E-state index is 13.6.